The molecule has 1 saturated carbocycles. The number of unbranched alkanes of at least 4 members (excludes halogenated alkanes) is 4. The topological polar surface area (TPSA) is 25.8 Å². The monoisotopic (exact) mass is 484 g/mol. The molecule has 0 amide bonds. The van der Waals surface area contributed by atoms with Crippen LogP contribution >= 0.6 is 15.9 Å². The summed E-state index contributed by atoms with van der Waals surface area (Å²) in [6.07, 6.45) is 20.3. The minimum absolute atomic E-state index is 0.551. The van der Waals surface area contributed by atoms with Gasteiger partial charge >= 0.3 is 0 Å². The number of hydrogen-bond acceptors (Lipinski definition) is 2. The van der Waals surface area contributed by atoms with Gasteiger partial charge in [0.1, 0.15) is 0 Å². The van der Waals surface area contributed by atoms with Gasteiger partial charge in [0.05, 0.1) is 0 Å². The fraction of sp³-hybridized carbons (Fsp3) is 0.643. The van der Waals surface area contributed by atoms with E-state index in [0.717, 1.165) is 34.1 Å². The highest BCUT2D eigenvalue weighted by Crippen LogP contribution is 2.39. The normalized spacial score (nSPS) is 20.0. The van der Waals surface area contributed by atoms with E-state index < -0.39 is 0 Å². The Labute approximate surface area is 198 Å². The molecule has 1 unspecified atom stereocenters. The van der Waals surface area contributed by atoms with Crippen molar-refractivity contribution < 1.29 is 0 Å². The summed E-state index contributed by atoms with van der Waals surface area (Å²) in [5.74, 6) is 3.12. The number of halogens is 1. The first-order valence-electron chi connectivity index (χ1n) is 12.7. The molecule has 1 fully saturated rings. The molecule has 170 valence electrons. The largest absolute Gasteiger partial charge is 0.236 e. The van der Waals surface area contributed by atoms with Gasteiger partial charge in [0.15, 0.2) is 5.82 Å². The van der Waals surface area contributed by atoms with Gasteiger partial charge in [0.2, 0.25) is 0 Å². The van der Waals surface area contributed by atoms with Crippen LogP contribution in [-0.4, -0.2) is 9.97 Å². The van der Waals surface area contributed by atoms with Gasteiger partial charge in [-0.2, -0.15) is 0 Å². The Kier molecular flexibility index (Phi) is 10.0. The molecule has 3 heteroatoms. The second-order valence-corrected chi connectivity index (χ2v) is 10.5. The van der Waals surface area contributed by atoms with Crippen LogP contribution in [0.1, 0.15) is 108 Å². The average Bonchev–Trinajstić information content (AvgIpc) is 2.80. The van der Waals surface area contributed by atoms with Gasteiger partial charge in [0, 0.05) is 22.4 Å². The molecule has 0 spiro atoms. The van der Waals surface area contributed by atoms with Gasteiger partial charge in [-0.25, -0.2) is 9.97 Å². The van der Waals surface area contributed by atoms with E-state index in [-0.39, 0.29) is 0 Å². The highest BCUT2D eigenvalue weighted by atomic mass is 79.9. The van der Waals surface area contributed by atoms with E-state index in [0.29, 0.717) is 5.92 Å². The van der Waals surface area contributed by atoms with Crippen molar-refractivity contribution in [1.82, 2.24) is 9.97 Å². The summed E-state index contributed by atoms with van der Waals surface area (Å²) in [5.41, 5.74) is 3.77. The van der Waals surface area contributed by atoms with E-state index in [9.17, 15) is 0 Å². The van der Waals surface area contributed by atoms with Crippen molar-refractivity contribution in [2.24, 2.45) is 11.8 Å². The molecule has 0 N–H and O–H groups in total. The van der Waals surface area contributed by atoms with Gasteiger partial charge in [-0.05, 0) is 66.7 Å². The molecule has 1 aromatic carbocycles. The third-order valence-corrected chi connectivity index (χ3v) is 8.01. The lowest BCUT2D eigenvalue weighted by Crippen LogP contribution is -2.19. The Morgan fingerprint density at radius 3 is 2.26 bits per heavy atom. The van der Waals surface area contributed by atoms with Gasteiger partial charge in [-0.15, -0.1) is 0 Å². The van der Waals surface area contributed by atoms with Crippen LogP contribution in [0.5, 0.6) is 0 Å². The first-order chi connectivity index (χ1) is 15.1. The number of rotatable bonds is 11. The Balaban J connectivity index is 1.56. The van der Waals surface area contributed by atoms with E-state index in [2.05, 4.69) is 67.3 Å². The van der Waals surface area contributed by atoms with Crippen LogP contribution in [0.2, 0.25) is 0 Å². The number of nitrogens with zero attached hydrogens (tertiary/aromatic N) is 2. The predicted octanol–water partition coefficient (Wildman–Crippen LogP) is 9.13. The molecule has 1 aliphatic rings. The molecule has 2 aromatic rings. The zero-order chi connectivity index (χ0) is 22.1. The Hall–Kier alpha value is -1.22. The summed E-state index contributed by atoms with van der Waals surface area (Å²) in [6, 6.07) is 6.64. The van der Waals surface area contributed by atoms with Crippen LogP contribution in [0.25, 0.3) is 11.4 Å². The molecule has 3 rings (SSSR count). The molecule has 0 bridgehead atoms. The summed E-state index contributed by atoms with van der Waals surface area (Å²) in [4.78, 5) is 9.51. The van der Waals surface area contributed by atoms with Crippen LogP contribution in [-0.2, 0) is 6.42 Å². The average molecular weight is 486 g/mol. The van der Waals surface area contributed by atoms with Gasteiger partial charge in [0.25, 0.3) is 0 Å². The second kappa shape index (κ2) is 12.7. The molecular formula is C28H41BrN2. The summed E-state index contributed by atoms with van der Waals surface area (Å²) in [5, 5.41) is 0. The zero-order valence-corrected chi connectivity index (χ0v) is 21.5. The zero-order valence-electron chi connectivity index (χ0n) is 19.9. The fourth-order valence-corrected chi connectivity index (χ4v) is 5.72. The van der Waals surface area contributed by atoms with Crippen LogP contribution < -0.4 is 0 Å². The van der Waals surface area contributed by atoms with Crippen molar-refractivity contribution in [1.29, 1.82) is 0 Å². The molecule has 2 nitrogen and oxygen atoms in total. The Bertz CT molecular complexity index is 778. The van der Waals surface area contributed by atoms with Crippen molar-refractivity contribution in [3.05, 3.63) is 46.2 Å². The second-order valence-electron chi connectivity index (χ2n) is 9.68. The molecule has 1 heterocycles. The lowest BCUT2D eigenvalue weighted by molar-refractivity contribution is 0.236. The number of benzene rings is 1. The fourth-order valence-electron chi connectivity index (χ4n) is 5.12. The van der Waals surface area contributed by atoms with E-state index in [1.165, 1.54) is 81.8 Å². The Morgan fingerprint density at radius 1 is 0.935 bits per heavy atom. The van der Waals surface area contributed by atoms with Crippen LogP contribution in [0.3, 0.4) is 0 Å². The van der Waals surface area contributed by atoms with E-state index in [1.54, 1.807) is 0 Å². The number of aromatic nitrogens is 2. The van der Waals surface area contributed by atoms with Crippen molar-refractivity contribution in [2.45, 2.75) is 104 Å². The number of aryl methyl sites for hydroxylation is 1. The van der Waals surface area contributed by atoms with Crippen LogP contribution in [0.15, 0.2) is 35.1 Å². The third-order valence-electron chi connectivity index (χ3n) is 7.36. The van der Waals surface area contributed by atoms with Gasteiger partial charge in [-0.3, -0.25) is 0 Å². The first kappa shape index (κ1) is 24.4. The molecule has 1 aromatic heterocycles. The first-order valence-corrected chi connectivity index (χ1v) is 13.5. The Morgan fingerprint density at radius 2 is 1.61 bits per heavy atom. The van der Waals surface area contributed by atoms with Crippen LogP contribution in [0, 0.1) is 11.8 Å². The molecule has 1 atom stereocenters. The van der Waals surface area contributed by atoms with Crippen LogP contribution in [0.4, 0.5) is 0 Å². The SMILES string of the molecule is CCCCCc1ccc(-c2ncc(C(C)C3CCC(CCCCC)CC3)cn2)c(Br)c1. The number of hydrogen-bond donors (Lipinski definition) is 0. The molecule has 0 radical (unpaired) electrons. The third kappa shape index (κ3) is 7.14. The van der Waals surface area contributed by atoms with Crippen molar-refractivity contribution in [3.63, 3.8) is 0 Å². The highest BCUT2D eigenvalue weighted by molar-refractivity contribution is 9.10. The minimum atomic E-state index is 0.551. The molecule has 0 aliphatic heterocycles. The van der Waals surface area contributed by atoms with Gasteiger partial charge < -0.3 is 0 Å². The standard InChI is InChI=1S/C28H41BrN2/c1-4-6-8-10-22-12-15-24(16-13-22)21(3)25-19-30-28(31-20-25)26-17-14-23(18-27(26)29)11-9-7-5-2/h14,17-22,24H,4-13,15-16H2,1-3H3. The smallest absolute Gasteiger partial charge is 0.160 e. The lowest BCUT2D eigenvalue weighted by Gasteiger charge is -2.32. The summed E-state index contributed by atoms with van der Waals surface area (Å²) >= 11 is 3.75. The maximum Gasteiger partial charge on any atom is 0.160 e. The van der Waals surface area contributed by atoms with E-state index >= 15 is 0 Å². The maximum absolute atomic E-state index is 4.75. The summed E-state index contributed by atoms with van der Waals surface area (Å²) < 4.78 is 1.10. The van der Waals surface area contributed by atoms with E-state index in [4.69, 9.17) is 9.97 Å². The maximum atomic E-state index is 4.75. The predicted molar refractivity (Wildman–Crippen MR) is 136 cm³/mol. The highest BCUT2D eigenvalue weighted by Gasteiger charge is 2.26. The lowest BCUT2D eigenvalue weighted by atomic mass is 9.73. The van der Waals surface area contributed by atoms with Crippen molar-refractivity contribution in [3.8, 4) is 11.4 Å². The molecular weight excluding hydrogens is 444 g/mol. The molecule has 0 saturated heterocycles. The van der Waals surface area contributed by atoms with E-state index in [1.807, 2.05) is 0 Å². The molecule has 31 heavy (non-hydrogen) atoms. The summed E-state index contributed by atoms with van der Waals surface area (Å²) in [7, 11) is 0. The van der Waals surface area contributed by atoms with Crippen molar-refractivity contribution >= 4 is 15.9 Å². The molecule has 1 aliphatic carbocycles. The van der Waals surface area contributed by atoms with Crippen molar-refractivity contribution in [2.75, 3.05) is 0 Å². The minimum Gasteiger partial charge on any atom is -0.236 e. The van der Waals surface area contributed by atoms with Gasteiger partial charge in [-0.1, -0.05) is 94.1 Å². The quantitative estimate of drug-likeness (QED) is 0.297. The summed E-state index contributed by atoms with van der Waals surface area (Å²) in [6.45, 7) is 6.93.